The van der Waals surface area contributed by atoms with Gasteiger partial charge in [0.2, 0.25) is 5.69 Å². The van der Waals surface area contributed by atoms with Crippen molar-refractivity contribution in [2.75, 3.05) is 0 Å². The Balaban J connectivity index is 1.83. The van der Waals surface area contributed by atoms with Gasteiger partial charge in [0.25, 0.3) is 0 Å². The van der Waals surface area contributed by atoms with Crippen LogP contribution in [0.1, 0.15) is 11.1 Å². The predicted octanol–water partition coefficient (Wildman–Crippen LogP) is 5.60. The summed E-state index contributed by atoms with van der Waals surface area (Å²) in [6.45, 7) is 4.36. The van der Waals surface area contributed by atoms with Crippen LogP contribution in [-0.2, 0) is 7.05 Å². The highest BCUT2D eigenvalue weighted by Gasteiger charge is 2.24. The molecule has 0 N–H and O–H groups in total. The molecule has 0 amide bonds. The van der Waals surface area contributed by atoms with E-state index in [2.05, 4.69) is 92.3 Å². The molecule has 1 heteroatoms. The minimum atomic E-state index is 1.26. The summed E-state index contributed by atoms with van der Waals surface area (Å²) in [6, 6.07) is 22.4. The molecule has 0 bridgehead atoms. The fourth-order valence-corrected chi connectivity index (χ4v) is 4.25. The molecule has 1 aliphatic rings. The normalized spacial score (nSPS) is 11.8. The molecule has 0 saturated carbocycles. The van der Waals surface area contributed by atoms with Crippen LogP contribution in [-0.4, -0.2) is 0 Å². The van der Waals surface area contributed by atoms with Crippen molar-refractivity contribution in [2.24, 2.45) is 7.05 Å². The number of hydrogen-bond donors (Lipinski definition) is 0. The summed E-state index contributed by atoms with van der Waals surface area (Å²) in [5.41, 5.74) is 10.6. The molecule has 0 radical (unpaired) electrons. The van der Waals surface area contributed by atoms with Crippen LogP contribution >= 0.6 is 0 Å². The van der Waals surface area contributed by atoms with E-state index in [1.54, 1.807) is 0 Å². The highest BCUT2D eigenvalue weighted by Crippen LogP contribution is 2.48. The second-order valence-electron chi connectivity index (χ2n) is 7.12. The summed E-state index contributed by atoms with van der Waals surface area (Å²) >= 11 is 0. The summed E-state index contributed by atoms with van der Waals surface area (Å²) < 4.78 is 2.23. The monoisotopic (exact) mass is 322 g/mol. The lowest BCUT2D eigenvalue weighted by Gasteiger charge is -2.10. The maximum absolute atomic E-state index is 2.38. The Bertz CT molecular complexity index is 1160. The van der Waals surface area contributed by atoms with E-state index in [0.717, 1.165) is 0 Å². The largest absolute Gasteiger partial charge is 0.212 e. The predicted molar refractivity (Wildman–Crippen MR) is 104 cm³/mol. The average molecular weight is 322 g/mol. The Morgan fingerprint density at radius 1 is 0.680 bits per heavy atom. The first-order valence-electron chi connectivity index (χ1n) is 8.77. The molecule has 3 aromatic carbocycles. The number of aromatic nitrogens is 1. The van der Waals surface area contributed by atoms with Gasteiger partial charge in [-0.1, -0.05) is 36.4 Å². The van der Waals surface area contributed by atoms with E-state index >= 15 is 0 Å². The lowest BCUT2D eigenvalue weighted by molar-refractivity contribution is -0.660. The zero-order valence-corrected chi connectivity index (χ0v) is 14.8. The summed E-state index contributed by atoms with van der Waals surface area (Å²) in [5, 5.41) is 2.72. The van der Waals surface area contributed by atoms with Gasteiger partial charge in [-0.25, -0.2) is 4.57 Å². The number of nitrogens with zero attached hydrogens (tertiary/aromatic N) is 1. The number of rotatable bonds is 1. The van der Waals surface area contributed by atoms with Gasteiger partial charge in [0.1, 0.15) is 7.05 Å². The lowest BCUT2D eigenvalue weighted by atomic mass is 9.95. The van der Waals surface area contributed by atoms with Gasteiger partial charge in [-0.15, -0.1) is 0 Å². The topological polar surface area (TPSA) is 3.88 Å². The van der Waals surface area contributed by atoms with Crippen molar-refractivity contribution in [3.63, 3.8) is 0 Å². The van der Waals surface area contributed by atoms with Gasteiger partial charge in [0.05, 0.1) is 0 Å². The van der Waals surface area contributed by atoms with Crippen LogP contribution < -0.4 is 4.57 Å². The number of fused-ring (bicyclic) bond motifs is 3. The third-order valence-electron chi connectivity index (χ3n) is 5.41. The molecule has 5 rings (SSSR count). The third-order valence-corrected chi connectivity index (χ3v) is 5.41. The highest BCUT2D eigenvalue weighted by atomic mass is 14.9. The van der Waals surface area contributed by atoms with Crippen molar-refractivity contribution in [2.45, 2.75) is 13.8 Å². The van der Waals surface area contributed by atoms with Crippen LogP contribution in [0, 0.1) is 13.8 Å². The van der Waals surface area contributed by atoms with Crippen LogP contribution in [0.5, 0.6) is 0 Å². The minimum Gasteiger partial charge on any atom is -0.201 e. The van der Waals surface area contributed by atoms with Gasteiger partial charge in [-0.3, -0.25) is 0 Å². The number of pyridine rings is 1. The van der Waals surface area contributed by atoms with Crippen molar-refractivity contribution in [3.8, 4) is 33.5 Å². The highest BCUT2D eigenvalue weighted by molar-refractivity contribution is 6.15. The van der Waals surface area contributed by atoms with E-state index in [1.165, 1.54) is 55.4 Å². The first-order chi connectivity index (χ1) is 12.1. The maximum Gasteiger partial charge on any atom is 0.212 e. The van der Waals surface area contributed by atoms with Crippen LogP contribution in [0.15, 0.2) is 66.9 Å². The van der Waals surface area contributed by atoms with Crippen molar-refractivity contribution in [1.82, 2.24) is 0 Å². The van der Waals surface area contributed by atoms with Crippen molar-refractivity contribution in [1.29, 1.82) is 0 Å². The maximum atomic E-state index is 2.38. The molecule has 25 heavy (non-hydrogen) atoms. The van der Waals surface area contributed by atoms with Crippen LogP contribution in [0.4, 0.5) is 0 Å². The molecule has 0 fully saturated rings. The molecule has 4 aromatic rings. The number of benzene rings is 3. The van der Waals surface area contributed by atoms with E-state index in [0.29, 0.717) is 0 Å². The third kappa shape index (κ3) is 1.99. The van der Waals surface area contributed by atoms with E-state index in [-0.39, 0.29) is 0 Å². The Morgan fingerprint density at radius 3 is 2.04 bits per heavy atom. The molecular formula is C24H20N+. The molecule has 0 saturated heterocycles. The molecule has 1 nitrogen and oxygen atoms in total. The molecule has 0 spiro atoms. The van der Waals surface area contributed by atoms with Crippen LogP contribution in [0.3, 0.4) is 0 Å². The fraction of sp³-hybridized carbons (Fsp3) is 0.125. The van der Waals surface area contributed by atoms with E-state index in [1.807, 2.05) is 0 Å². The first-order valence-corrected chi connectivity index (χ1v) is 8.77. The Kier molecular flexibility index (Phi) is 2.90. The first kappa shape index (κ1) is 14.4. The lowest BCUT2D eigenvalue weighted by Crippen LogP contribution is -2.31. The quantitative estimate of drug-likeness (QED) is 0.354. The van der Waals surface area contributed by atoms with Crippen molar-refractivity contribution < 1.29 is 4.57 Å². The van der Waals surface area contributed by atoms with E-state index in [9.17, 15) is 0 Å². The summed E-state index contributed by atoms with van der Waals surface area (Å²) in [7, 11) is 2.13. The van der Waals surface area contributed by atoms with Crippen molar-refractivity contribution >= 4 is 10.8 Å². The zero-order valence-electron chi connectivity index (χ0n) is 14.8. The van der Waals surface area contributed by atoms with Crippen molar-refractivity contribution in [3.05, 3.63) is 78.0 Å². The SMILES string of the molecule is Cc1ccc(-c2cc3c(cc2C)-c2cccc4cccc-3c24)[n+](C)c1. The summed E-state index contributed by atoms with van der Waals surface area (Å²) in [6.07, 6.45) is 2.19. The second-order valence-corrected chi connectivity index (χ2v) is 7.12. The minimum absolute atomic E-state index is 1.26. The standard InChI is InChI=1S/C24H20N/c1-15-10-11-23(25(3)14-15)20-13-22-19-9-5-7-17-6-4-8-18(24(17)19)21(22)12-16(20)2/h4-14H,1-3H3/q+1. The number of aryl methyl sites for hydroxylation is 3. The smallest absolute Gasteiger partial charge is 0.201 e. The van der Waals surface area contributed by atoms with Gasteiger partial charge in [-0.2, -0.15) is 0 Å². The van der Waals surface area contributed by atoms with Gasteiger partial charge in [0.15, 0.2) is 6.20 Å². The van der Waals surface area contributed by atoms with Gasteiger partial charge in [0, 0.05) is 17.2 Å². The molecule has 1 heterocycles. The average Bonchev–Trinajstić information content (AvgIpc) is 2.91. The molecule has 0 aliphatic heterocycles. The van der Waals surface area contributed by atoms with Crippen LogP contribution in [0.2, 0.25) is 0 Å². The van der Waals surface area contributed by atoms with Gasteiger partial charge < -0.3 is 0 Å². The zero-order chi connectivity index (χ0) is 17.1. The number of hydrogen-bond acceptors (Lipinski definition) is 0. The van der Waals surface area contributed by atoms with Crippen LogP contribution in [0.25, 0.3) is 44.3 Å². The second kappa shape index (κ2) is 5.03. The fourth-order valence-electron chi connectivity index (χ4n) is 4.25. The molecule has 0 unspecified atom stereocenters. The molecule has 1 aliphatic carbocycles. The Labute approximate surface area is 148 Å². The van der Waals surface area contributed by atoms with Gasteiger partial charge >= 0.3 is 0 Å². The molecule has 120 valence electrons. The van der Waals surface area contributed by atoms with E-state index in [4.69, 9.17) is 0 Å². The molecular weight excluding hydrogens is 302 g/mol. The summed E-state index contributed by atoms with van der Waals surface area (Å²) in [4.78, 5) is 0. The summed E-state index contributed by atoms with van der Waals surface area (Å²) in [5.74, 6) is 0. The Hall–Kier alpha value is -2.93. The Morgan fingerprint density at radius 2 is 1.36 bits per heavy atom. The molecule has 1 aromatic heterocycles. The molecule has 0 atom stereocenters. The van der Waals surface area contributed by atoms with Gasteiger partial charge in [-0.05, 0) is 70.6 Å². The van der Waals surface area contributed by atoms with E-state index < -0.39 is 0 Å².